The fourth-order valence-corrected chi connectivity index (χ4v) is 2.50. The maximum Gasteiger partial charge on any atom is 0.271 e. The SMILES string of the molecule is O=C(COc1ccc([N+](=O)[O-])cc1Cl)N1CCCCCC1. The topological polar surface area (TPSA) is 72.7 Å². The molecule has 2 rings (SSSR count). The first-order valence-corrected chi connectivity index (χ1v) is 7.30. The van der Waals surface area contributed by atoms with Crippen molar-refractivity contribution in [3.8, 4) is 5.75 Å². The van der Waals surface area contributed by atoms with Crippen LogP contribution in [0.15, 0.2) is 18.2 Å². The van der Waals surface area contributed by atoms with Crippen molar-refractivity contribution < 1.29 is 14.5 Å². The van der Waals surface area contributed by atoms with Gasteiger partial charge in [0.15, 0.2) is 6.61 Å². The smallest absolute Gasteiger partial charge is 0.271 e. The lowest BCUT2D eigenvalue weighted by atomic mass is 10.2. The molecule has 0 aliphatic carbocycles. The highest BCUT2D eigenvalue weighted by Crippen LogP contribution is 2.28. The first-order valence-electron chi connectivity index (χ1n) is 6.92. The average Bonchev–Trinajstić information content (AvgIpc) is 2.74. The van der Waals surface area contributed by atoms with Crippen molar-refractivity contribution in [2.75, 3.05) is 19.7 Å². The predicted octanol–water partition coefficient (Wildman–Crippen LogP) is 3.03. The monoisotopic (exact) mass is 312 g/mol. The molecule has 21 heavy (non-hydrogen) atoms. The number of nitro benzene ring substituents is 1. The molecule has 1 fully saturated rings. The molecule has 0 unspecified atom stereocenters. The first kappa shape index (κ1) is 15.6. The van der Waals surface area contributed by atoms with Crippen molar-refractivity contribution in [3.05, 3.63) is 33.3 Å². The molecule has 114 valence electrons. The van der Waals surface area contributed by atoms with E-state index in [0.717, 1.165) is 38.8 Å². The molecule has 6 nitrogen and oxygen atoms in total. The molecule has 1 heterocycles. The molecule has 0 N–H and O–H groups in total. The number of amides is 1. The average molecular weight is 313 g/mol. The summed E-state index contributed by atoms with van der Waals surface area (Å²) in [5.74, 6) is 0.205. The van der Waals surface area contributed by atoms with Crippen molar-refractivity contribution in [2.45, 2.75) is 25.7 Å². The highest BCUT2D eigenvalue weighted by molar-refractivity contribution is 6.32. The minimum Gasteiger partial charge on any atom is -0.482 e. The van der Waals surface area contributed by atoms with E-state index in [1.165, 1.54) is 18.2 Å². The van der Waals surface area contributed by atoms with Gasteiger partial charge < -0.3 is 9.64 Å². The molecular weight excluding hydrogens is 296 g/mol. The number of non-ortho nitro benzene ring substituents is 1. The summed E-state index contributed by atoms with van der Waals surface area (Å²) in [5.41, 5.74) is -0.105. The van der Waals surface area contributed by atoms with Gasteiger partial charge in [-0.25, -0.2) is 0 Å². The van der Waals surface area contributed by atoms with Crippen molar-refractivity contribution in [3.63, 3.8) is 0 Å². The highest BCUT2D eigenvalue weighted by Gasteiger charge is 2.17. The first-order chi connectivity index (χ1) is 10.1. The largest absolute Gasteiger partial charge is 0.482 e. The molecular formula is C14H17ClN2O4. The summed E-state index contributed by atoms with van der Waals surface area (Å²) in [6.07, 6.45) is 4.34. The molecule has 0 saturated carbocycles. The summed E-state index contributed by atoms with van der Waals surface area (Å²) in [6.45, 7) is 1.42. The lowest BCUT2D eigenvalue weighted by molar-refractivity contribution is -0.384. The highest BCUT2D eigenvalue weighted by atomic mass is 35.5. The Morgan fingerprint density at radius 3 is 2.52 bits per heavy atom. The van der Waals surface area contributed by atoms with Gasteiger partial charge in [0, 0.05) is 25.2 Å². The fourth-order valence-electron chi connectivity index (χ4n) is 2.27. The standard InChI is InChI=1S/C14H17ClN2O4/c15-12-9-11(17(19)20)5-6-13(12)21-10-14(18)16-7-3-1-2-4-8-16/h5-6,9H,1-4,7-8,10H2. The molecule has 0 aromatic heterocycles. The van der Waals surface area contributed by atoms with Crippen LogP contribution in [-0.2, 0) is 4.79 Å². The molecule has 1 saturated heterocycles. The summed E-state index contributed by atoms with van der Waals surface area (Å²) < 4.78 is 5.38. The van der Waals surface area contributed by atoms with Gasteiger partial charge in [-0.15, -0.1) is 0 Å². The van der Waals surface area contributed by atoms with Gasteiger partial charge in [-0.05, 0) is 18.9 Å². The number of rotatable bonds is 4. The number of likely N-dealkylation sites (tertiary alicyclic amines) is 1. The Kier molecular flexibility index (Phi) is 5.38. The van der Waals surface area contributed by atoms with E-state index in [-0.39, 0.29) is 29.0 Å². The van der Waals surface area contributed by atoms with Crippen molar-refractivity contribution in [1.82, 2.24) is 4.90 Å². The lowest BCUT2D eigenvalue weighted by Crippen LogP contribution is -2.35. The fraction of sp³-hybridized carbons (Fsp3) is 0.500. The zero-order valence-electron chi connectivity index (χ0n) is 11.6. The molecule has 0 atom stereocenters. The second-order valence-electron chi connectivity index (χ2n) is 4.96. The minimum absolute atomic E-state index is 0.0775. The summed E-state index contributed by atoms with van der Waals surface area (Å²) in [6, 6.07) is 3.93. The van der Waals surface area contributed by atoms with Gasteiger partial charge in [-0.1, -0.05) is 24.4 Å². The second kappa shape index (κ2) is 7.26. The number of halogens is 1. The Morgan fingerprint density at radius 2 is 1.95 bits per heavy atom. The number of nitrogens with zero attached hydrogens (tertiary/aromatic N) is 2. The molecule has 1 aliphatic rings. The third-order valence-corrected chi connectivity index (χ3v) is 3.73. The lowest BCUT2D eigenvalue weighted by Gasteiger charge is -2.20. The molecule has 0 spiro atoms. The molecule has 1 aliphatic heterocycles. The van der Waals surface area contributed by atoms with Crippen molar-refractivity contribution in [2.24, 2.45) is 0 Å². The maximum atomic E-state index is 12.1. The van der Waals surface area contributed by atoms with E-state index in [0.29, 0.717) is 0 Å². The van der Waals surface area contributed by atoms with Crippen LogP contribution in [-0.4, -0.2) is 35.4 Å². The third-order valence-electron chi connectivity index (χ3n) is 3.44. The van der Waals surface area contributed by atoms with Gasteiger partial charge in [-0.2, -0.15) is 0 Å². The quantitative estimate of drug-likeness (QED) is 0.632. The van der Waals surface area contributed by atoms with Gasteiger partial charge in [0.1, 0.15) is 5.75 Å². The molecule has 1 aromatic carbocycles. The zero-order chi connectivity index (χ0) is 15.2. The number of carbonyl (C=O) groups excluding carboxylic acids is 1. The number of hydrogen-bond acceptors (Lipinski definition) is 4. The number of carbonyl (C=O) groups is 1. The van der Waals surface area contributed by atoms with Crippen molar-refractivity contribution in [1.29, 1.82) is 0 Å². The Bertz CT molecular complexity index is 528. The molecule has 0 radical (unpaired) electrons. The van der Waals surface area contributed by atoms with E-state index >= 15 is 0 Å². The van der Waals surface area contributed by atoms with Crippen LogP contribution in [0.2, 0.25) is 5.02 Å². The summed E-state index contributed by atoms with van der Waals surface area (Å²) >= 11 is 5.91. The van der Waals surface area contributed by atoms with Crippen LogP contribution < -0.4 is 4.74 Å². The van der Waals surface area contributed by atoms with E-state index in [1.807, 2.05) is 0 Å². The van der Waals surface area contributed by atoms with Gasteiger partial charge in [0.2, 0.25) is 0 Å². The van der Waals surface area contributed by atoms with Crippen LogP contribution >= 0.6 is 11.6 Å². The summed E-state index contributed by atoms with van der Waals surface area (Å²) in [4.78, 5) is 23.9. The minimum atomic E-state index is -0.530. The summed E-state index contributed by atoms with van der Waals surface area (Å²) in [7, 11) is 0. The zero-order valence-corrected chi connectivity index (χ0v) is 12.3. The molecule has 1 amide bonds. The van der Waals surface area contributed by atoms with Gasteiger partial charge in [0.25, 0.3) is 11.6 Å². The van der Waals surface area contributed by atoms with Crippen LogP contribution in [0.3, 0.4) is 0 Å². The van der Waals surface area contributed by atoms with Gasteiger partial charge in [-0.3, -0.25) is 14.9 Å². The molecule has 7 heteroatoms. The Hall–Kier alpha value is -1.82. The van der Waals surface area contributed by atoms with E-state index < -0.39 is 4.92 Å². The van der Waals surface area contributed by atoms with E-state index in [4.69, 9.17) is 16.3 Å². The van der Waals surface area contributed by atoms with Gasteiger partial charge >= 0.3 is 0 Å². The van der Waals surface area contributed by atoms with E-state index in [1.54, 1.807) is 4.90 Å². The Labute approximate surface area is 127 Å². The summed E-state index contributed by atoms with van der Waals surface area (Å²) in [5, 5.41) is 10.7. The number of nitro groups is 1. The van der Waals surface area contributed by atoms with Crippen LogP contribution in [0, 0.1) is 10.1 Å². The van der Waals surface area contributed by atoms with Crippen molar-refractivity contribution >= 4 is 23.2 Å². The normalized spacial score (nSPS) is 15.4. The predicted molar refractivity (Wildman–Crippen MR) is 78.6 cm³/mol. The number of benzene rings is 1. The third kappa shape index (κ3) is 4.32. The van der Waals surface area contributed by atoms with Crippen LogP contribution in [0.4, 0.5) is 5.69 Å². The van der Waals surface area contributed by atoms with Crippen LogP contribution in [0.5, 0.6) is 5.75 Å². The second-order valence-corrected chi connectivity index (χ2v) is 5.36. The van der Waals surface area contributed by atoms with Gasteiger partial charge in [0.05, 0.1) is 9.95 Å². The molecule has 1 aromatic rings. The number of ether oxygens (including phenoxy) is 1. The number of hydrogen-bond donors (Lipinski definition) is 0. The van der Waals surface area contributed by atoms with E-state index in [2.05, 4.69) is 0 Å². The van der Waals surface area contributed by atoms with Crippen LogP contribution in [0.1, 0.15) is 25.7 Å². The maximum absolute atomic E-state index is 12.1. The Balaban J connectivity index is 1.93. The van der Waals surface area contributed by atoms with Crippen LogP contribution in [0.25, 0.3) is 0 Å². The molecule has 0 bridgehead atoms. The van der Waals surface area contributed by atoms with E-state index in [9.17, 15) is 14.9 Å². The Morgan fingerprint density at radius 1 is 1.29 bits per heavy atom.